The molecule has 1 aliphatic rings. The van der Waals surface area contributed by atoms with E-state index in [-0.39, 0.29) is 12.4 Å². The lowest BCUT2D eigenvalue weighted by Crippen LogP contribution is -2.16. The number of pyridine rings is 1. The van der Waals surface area contributed by atoms with Crippen LogP contribution in [0.25, 0.3) is 10.9 Å². The summed E-state index contributed by atoms with van der Waals surface area (Å²) in [5, 5.41) is 18.5. The van der Waals surface area contributed by atoms with Crippen LogP contribution in [0.3, 0.4) is 0 Å². The number of hydrogen-bond donors (Lipinski definition) is 2. The standard InChI is InChI=1S/C25H26N6O3/c1-34-25-27-13-19(14-28-25)22(12-23(32)33)31-15-18-6-4-16(11-21(18)30-31)5-8-20-9-7-17-3-2-10-26-24(17)29-20/h4,6-7,9,11,13-15,22H,2-3,5,8,10,12H2,1H3,(H,26,29)(H,32,33)/t22-/m0/s1. The molecule has 2 N–H and O–H groups in total. The van der Waals surface area contributed by atoms with Gasteiger partial charge in [-0.05, 0) is 48.9 Å². The number of aryl methyl sites for hydroxylation is 3. The van der Waals surface area contributed by atoms with Crippen LogP contribution < -0.4 is 10.1 Å². The maximum absolute atomic E-state index is 11.5. The first-order valence-corrected chi connectivity index (χ1v) is 11.4. The fourth-order valence-electron chi connectivity index (χ4n) is 4.31. The second-order valence-corrected chi connectivity index (χ2v) is 8.46. The Hall–Kier alpha value is -4.01. The van der Waals surface area contributed by atoms with Gasteiger partial charge in [0.15, 0.2) is 0 Å². The van der Waals surface area contributed by atoms with Crippen LogP contribution in [-0.2, 0) is 24.1 Å². The van der Waals surface area contributed by atoms with Gasteiger partial charge in [0.1, 0.15) is 5.82 Å². The van der Waals surface area contributed by atoms with Gasteiger partial charge in [-0.2, -0.15) is 5.10 Å². The molecule has 0 fully saturated rings. The predicted molar refractivity (Wildman–Crippen MR) is 127 cm³/mol. The van der Waals surface area contributed by atoms with Crippen LogP contribution in [0.1, 0.15) is 41.3 Å². The molecule has 9 heteroatoms. The molecule has 0 aliphatic carbocycles. The second-order valence-electron chi connectivity index (χ2n) is 8.46. The zero-order valence-corrected chi connectivity index (χ0v) is 18.9. The monoisotopic (exact) mass is 458 g/mol. The van der Waals surface area contributed by atoms with Crippen molar-refractivity contribution in [1.29, 1.82) is 0 Å². The highest BCUT2D eigenvalue weighted by Crippen LogP contribution is 2.25. The molecular weight excluding hydrogens is 432 g/mol. The van der Waals surface area contributed by atoms with Gasteiger partial charge in [0, 0.05) is 41.8 Å². The van der Waals surface area contributed by atoms with Crippen molar-refractivity contribution >= 4 is 22.7 Å². The third kappa shape index (κ3) is 4.68. The van der Waals surface area contributed by atoms with Crippen LogP contribution in [0.5, 0.6) is 6.01 Å². The van der Waals surface area contributed by atoms with Crippen LogP contribution in [0, 0.1) is 0 Å². The molecule has 0 radical (unpaired) electrons. The Kier molecular flexibility index (Phi) is 6.07. The maximum Gasteiger partial charge on any atom is 0.316 e. The molecule has 5 rings (SSSR count). The average Bonchev–Trinajstić information content (AvgIpc) is 3.29. The van der Waals surface area contributed by atoms with E-state index in [1.165, 1.54) is 12.7 Å². The number of anilines is 1. The zero-order valence-electron chi connectivity index (χ0n) is 18.9. The number of hydrogen-bond acceptors (Lipinski definition) is 7. The van der Waals surface area contributed by atoms with Crippen molar-refractivity contribution in [3.05, 3.63) is 71.3 Å². The van der Waals surface area contributed by atoms with E-state index in [4.69, 9.17) is 14.8 Å². The molecular formula is C25H26N6O3. The SMILES string of the molecule is COc1ncc([C@H](CC(=O)O)n2cc3ccc(CCc4ccc5c(n4)NCCC5)cc3n2)cn1. The quantitative estimate of drug-likeness (QED) is 0.413. The molecule has 0 saturated carbocycles. The van der Waals surface area contributed by atoms with Gasteiger partial charge in [-0.1, -0.05) is 18.2 Å². The van der Waals surface area contributed by atoms with E-state index >= 15 is 0 Å². The van der Waals surface area contributed by atoms with Crippen molar-refractivity contribution in [3.8, 4) is 6.01 Å². The summed E-state index contributed by atoms with van der Waals surface area (Å²) >= 11 is 0. The highest BCUT2D eigenvalue weighted by molar-refractivity contribution is 5.79. The number of fused-ring (bicyclic) bond motifs is 2. The molecule has 0 bridgehead atoms. The van der Waals surface area contributed by atoms with E-state index in [1.807, 2.05) is 12.3 Å². The molecule has 0 amide bonds. The van der Waals surface area contributed by atoms with E-state index in [2.05, 4.69) is 39.6 Å². The van der Waals surface area contributed by atoms with E-state index in [9.17, 15) is 9.90 Å². The number of aliphatic carboxylic acids is 1. The second kappa shape index (κ2) is 9.46. The number of carbonyl (C=O) groups is 1. The number of benzene rings is 1. The Morgan fingerprint density at radius 2 is 2.06 bits per heavy atom. The normalized spacial score (nSPS) is 13.8. The van der Waals surface area contributed by atoms with E-state index in [0.29, 0.717) is 5.56 Å². The molecule has 1 aromatic carbocycles. The van der Waals surface area contributed by atoms with Crippen molar-refractivity contribution in [2.75, 3.05) is 19.0 Å². The Morgan fingerprint density at radius 1 is 1.21 bits per heavy atom. The zero-order chi connectivity index (χ0) is 23.5. The van der Waals surface area contributed by atoms with Crippen LogP contribution >= 0.6 is 0 Å². The molecule has 1 aliphatic heterocycles. The Labute approximate surface area is 196 Å². The number of carboxylic acid groups (broad SMARTS) is 1. The highest BCUT2D eigenvalue weighted by atomic mass is 16.5. The summed E-state index contributed by atoms with van der Waals surface area (Å²) in [5.74, 6) is 0.0954. The first-order chi connectivity index (χ1) is 16.6. The van der Waals surface area contributed by atoms with E-state index in [1.54, 1.807) is 17.1 Å². The first kappa shape index (κ1) is 21.8. The minimum Gasteiger partial charge on any atom is -0.481 e. The molecule has 34 heavy (non-hydrogen) atoms. The van der Waals surface area contributed by atoms with E-state index in [0.717, 1.165) is 60.2 Å². The lowest BCUT2D eigenvalue weighted by atomic mass is 10.0. The molecule has 4 heterocycles. The number of methoxy groups -OCH3 is 1. The summed E-state index contributed by atoms with van der Waals surface area (Å²) < 4.78 is 6.70. The lowest BCUT2D eigenvalue weighted by molar-refractivity contribution is -0.137. The van der Waals surface area contributed by atoms with Crippen LogP contribution in [0.15, 0.2) is 48.9 Å². The summed E-state index contributed by atoms with van der Waals surface area (Å²) in [4.78, 5) is 24.6. The Balaban J connectivity index is 1.36. The predicted octanol–water partition coefficient (Wildman–Crippen LogP) is 3.44. The largest absolute Gasteiger partial charge is 0.481 e. The number of nitrogens with zero attached hydrogens (tertiary/aromatic N) is 5. The highest BCUT2D eigenvalue weighted by Gasteiger charge is 2.20. The van der Waals surface area contributed by atoms with Crippen LogP contribution in [0.4, 0.5) is 5.82 Å². The van der Waals surface area contributed by atoms with Gasteiger partial charge >= 0.3 is 12.0 Å². The smallest absolute Gasteiger partial charge is 0.316 e. The molecule has 0 unspecified atom stereocenters. The Morgan fingerprint density at radius 3 is 2.85 bits per heavy atom. The molecule has 0 spiro atoms. The van der Waals surface area contributed by atoms with Gasteiger partial charge in [0.2, 0.25) is 0 Å². The minimum absolute atomic E-state index is 0.130. The van der Waals surface area contributed by atoms with Crippen molar-refractivity contribution < 1.29 is 14.6 Å². The number of rotatable bonds is 8. The van der Waals surface area contributed by atoms with Crippen LogP contribution in [0.2, 0.25) is 0 Å². The summed E-state index contributed by atoms with van der Waals surface area (Å²) in [6.07, 6.45) is 8.82. The van der Waals surface area contributed by atoms with Crippen LogP contribution in [-0.4, -0.2) is 49.5 Å². The number of carboxylic acids is 1. The lowest BCUT2D eigenvalue weighted by Gasteiger charge is -2.17. The van der Waals surface area contributed by atoms with Gasteiger partial charge in [-0.25, -0.2) is 15.0 Å². The fourth-order valence-corrected chi connectivity index (χ4v) is 4.31. The van der Waals surface area contributed by atoms with Gasteiger partial charge in [-0.3, -0.25) is 9.48 Å². The first-order valence-electron chi connectivity index (χ1n) is 11.4. The van der Waals surface area contributed by atoms with Crippen molar-refractivity contribution in [3.63, 3.8) is 0 Å². The summed E-state index contributed by atoms with van der Waals surface area (Å²) in [5.41, 5.74) is 5.00. The molecule has 4 aromatic rings. The molecule has 0 saturated heterocycles. The van der Waals surface area contributed by atoms with Gasteiger partial charge in [-0.15, -0.1) is 0 Å². The van der Waals surface area contributed by atoms with Gasteiger partial charge < -0.3 is 15.2 Å². The van der Waals surface area contributed by atoms with Crippen molar-refractivity contribution in [2.24, 2.45) is 0 Å². The summed E-state index contributed by atoms with van der Waals surface area (Å²) in [7, 11) is 1.49. The average molecular weight is 459 g/mol. The molecule has 174 valence electrons. The molecule has 3 aromatic heterocycles. The van der Waals surface area contributed by atoms with Gasteiger partial charge in [0.25, 0.3) is 0 Å². The third-order valence-corrected chi connectivity index (χ3v) is 6.11. The minimum atomic E-state index is -0.923. The molecule has 1 atom stereocenters. The number of nitrogens with one attached hydrogen (secondary N) is 1. The fraction of sp³-hybridized carbons (Fsp3) is 0.320. The van der Waals surface area contributed by atoms with Crippen molar-refractivity contribution in [2.45, 2.75) is 38.1 Å². The third-order valence-electron chi connectivity index (χ3n) is 6.11. The summed E-state index contributed by atoms with van der Waals surface area (Å²) in [6.45, 7) is 0.980. The Bertz CT molecular complexity index is 1320. The maximum atomic E-state index is 11.5. The topological polar surface area (TPSA) is 115 Å². The van der Waals surface area contributed by atoms with Crippen molar-refractivity contribution in [1.82, 2.24) is 24.7 Å². The summed E-state index contributed by atoms with van der Waals surface area (Å²) in [6, 6.07) is 10.2. The molecule has 9 nitrogen and oxygen atoms in total. The number of aromatic nitrogens is 5. The number of ether oxygens (including phenoxy) is 1. The van der Waals surface area contributed by atoms with Gasteiger partial charge in [0.05, 0.1) is 25.1 Å². The van der Waals surface area contributed by atoms with E-state index < -0.39 is 12.0 Å².